The minimum absolute atomic E-state index is 0.0353. The highest BCUT2D eigenvalue weighted by Crippen LogP contribution is 2.64. The van der Waals surface area contributed by atoms with Gasteiger partial charge in [0.1, 0.15) is 18.8 Å². The Balaban J connectivity index is 1.53. The normalized spacial score (nSPS) is 38.8. The van der Waals surface area contributed by atoms with Gasteiger partial charge in [-0.25, -0.2) is 9.59 Å². The molecule has 2 saturated heterocycles. The van der Waals surface area contributed by atoms with Gasteiger partial charge < -0.3 is 33.2 Å². The Kier molecular flexibility index (Phi) is 7.99. The molecule has 0 aromatic carbocycles. The van der Waals surface area contributed by atoms with Crippen molar-refractivity contribution in [3.05, 3.63) is 0 Å². The van der Waals surface area contributed by atoms with Crippen molar-refractivity contribution in [2.75, 3.05) is 13.7 Å². The summed E-state index contributed by atoms with van der Waals surface area (Å²) in [5, 5.41) is 0. The van der Waals surface area contributed by atoms with Gasteiger partial charge in [0.15, 0.2) is 18.3 Å². The van der Waals surface area contributed by atoms with Crippen LogP contribution >= 0.6 is 11.8 Å². The molecule has 2 aliphatic heterocycles. The molecule has 12 nitrogen and oxygen atoms in total. The van der Waals surface area contributed by atoms with Gasteiger partial charge in [-0.15, -0.1) is 11.8 Å². The molecule has 222 valence electrons. The maximum atomic E-state index is 13.7. The lowest BCUT2D eigenvalue weighted by atomic mass is 9.56. The van der Waals surface area contributed by atoms with E-state index in [0.717, 1.165) is 26.2 Å². The highest BCUT2D eigenvalue weighted by molar-refractivity contribution is 8.02. The first kappa shape index (κ1) is 29.0. The van der Waals surface area contributed by atoms with Crippen LogP contribution in [0, 0.1) is 17.8 Å². The SMILES string of the molecule is COC(=O)C1(SC23CC4CC(CC(C4)C2)C3)O[C@@H]([C@@H](OC(C)=O)[C@@H](COC(C)=O)OC(C)=O)C[C@@H]2OC(=O)O[C@H]21. The van der Waals surface area contributed by atoms with Gasteiger partial charge in [0, 0.05) is 31.9 Å². The van der Waals surface area contributed by atoms with Crippen LogP contribution in [0.5, 0.6) is 0 Å². The van der Waals surface area contributed by atoms with Crippen LogP contribution in [-0.4, -0.2) is 83.9 Å². The molecule has 0 aromatic rings. The van der Waals surface area contributed by atoms with E-state index in [1.807, 2.05) is 0 Å². The van der Waals surface area contributed by atoms with Crippen LogP contribution in [0.1, 0.15) is 65.7 Å². The summed E-state index contributed by atoms with van der Waals surface area (Å²) in [6.07, 6.45) is -0.473. The largest absolute Gasteiger partial charge is 0.509 e. The summed E-state index contributed by atoms with van der Waals surface area (Å²) < 4.78 is 38.7. The number of esters is 4. The Morgan fingerprint density at radius 1 is 0.900 bits per heavy atom. The smallest absolute Gasteiger partial charge is 0.466 e. The number of hydrogen-bond donors (Lipinski definition) is 0. The molecule has 0 aromatic heterocycles. The van der Waals surface area contributed by atoms with Crippen molar-refractivity contribution in [3.8, 4) is 0 Å². The molecule has 4 aliphatic carbocycles. The Labute approximate surface area is 236 Å². The lowest BCUT2D eigenvalue weighted by Crippen LogP contribution is -2.65. The summed E-state index contributed by atoms with van der Waals surface area (Å²) in [4.78, 5) is 60.1. The molecule has 6 rings (SSSR count). The van der Waals surface area contributed by atoms with E-state index in [4.69, 9.17) is 33.2 Å². The van der Waals surface area contributed by atoms with E-state index in [0.29, 0.717) is 17.8 Å². The molecule has 0 spiro atoms. The van der Waals surface area contributed by atoms with Crippen LogP contribution in [0.15, 0.2) is 0 Å². The molecule has 4 saturated carbocycles. The van der Waals surface area contributed by atoms with E-state index < -0.39 is 72.1 Å². The minimum atomic E-state index is -1.83. The topological polar surface area (TPSA) is 150 Å². The second-order valence-corrected chi connectivity index (χ2v) is 13.4. The van der Waals surface area contributed by atoms with E-state index in [1.54, 1.807) is 0 Å². The fraction of sp³-hybridized carbons (Fsp3) is 0.815. The molecule has 13 heteroatoms. The van der Waals surface area contributed by atoms with Crippen LogP contribution in [0.25, 0.3) is 0 Å². The first-order valence-corrected chi connectivity index (χ1v) is 14.5. The molecule has 0 amide bonds. The van der Waals surface area contributed by atoms with Crippen LogP contribution in [0.3, 0.4) is 0 Å². The van der Waals surface area contributed by atoms with E-state index in [9.17, 15) is 24.0 Å². The number of hydrogen-bond acceptors (Lipinski definition) is 13. The lowest BCUT2D eigenvalue weighted by Gasteiger charge is -2.59. The van der Waals surface area contributed by atoms with Gasteiger partial charge in [-0.3, -0.25) is 14.4 Å². The molecule has 40 heavy (non-hydrogen) atoms. The molecule has 0 radical (unpaired) electrons. The number of carbonyl (C=O) groups is 5. The second kappa shape index (κ2) is 11.0. The Bertz CT molecular complexity index is 1020. The van der Waals surface area contributed by atoms with Gasteiger partial charge in [0.2, 0.25) is 0 Å². The summed E-state index contributed by atoms with van der Waals surface area (Å²) in [5.41, 5.74) is 0. The van der Waals surface area contributed by atoms with Crippen molar-refractivity contribution >= 4 is 41.8 Å². The van der Waals surface area contributed by atoms with E-state index in [2.05, 4.69) is 0 Å². The average Bonchev–Trinajstić information content (AvgIpc) is 3.24. The van der Waals surface area contributed by atoms with Crippen molar-refractivity contribution in [2.45, 2.75) is 106 Å². The molecular formula is C27H36O12S. The third-order valence-corrected chi connectivity index (χ3v) is 10.3. The number of rotatable bonds is 9. The predicted octanol–water partition coefficient (Wildman–Crippen LogP) is 2.68. The number of carbonyl (C=O) groups excluding carboxylic acids is 5. The second-order valence-electron chi connectivity index (χ2n) is 11.7. The molecule has 6 atom stereocenters. The van der Waals surface area contributed by atoms with E-state index in [-0.39, 0.29) is 11.2 Å². The van der Waals surface area contributed by atoms with E-state index >= 15 is 0 Å². The number of thioether (sulfide) groups is 1. The molecule has 6 aliphatic rings. The average molecular weight is 585 g/mol. The Morgan fingerprint density at radius 3 is 2.02 bits per heavy atom. The maximum Gasteiger partial charge on any atom is 0.509 e. The highest BCUT2D eigenvalue weighted by atomic mass is 32.2. The van der Waals surface area contributed by atoms with Crippen molar-refractivity contribution in [1.82, 2.24) is 0 Å². The fourth-order valence-electron chi connectivity index (χ4n) is 7.76. The zero-order valence-corrected chi connectivity index (χ0v) is 23.9. The quantitative estimate of drug-likeness (QED) is 0.289. The zero-order chi connectivity index (χ0) is 28.8. The van der Waals surface area contributed by atoms with Crippen molar-refractivity contribution in [2.24, 2.45) is 17.8 Å². The number of ether oxygens (including phenoxy) is 7. The van der Waals surface area contributed by atoms with Crippen LogP contribution in [0.4, 0.5) is 4.79 Å². The summed E-state index contributed by atoms with van der Waals surface area (Å²) in [7, 11) is 1.23. The maximum absolute atomic E-state index is 13.7. The summed E-state index contributed by atoms with van der Waals surface area (Å²) in [5.74, 6) is -1.15. The minimum Gasteiger partial charge on any atom is -0.466 e. The summed E-state index contributed by atoms with van der Waals surface area (Å²) in [6, 6.07) is 0. The first-order chi connectivity index (χ1) is 18.9. The van der Waals surface area contributed by atoms with Crippen molar-refractivity contribution < 1.29 is 57.1 Å². The van der Waals surface area contributed by atoms with Gasteiger partial charge in [0.05, 0.1) is 7.11 Å². The molecule has 4 bridgehead atoms. The Morgan fingerprint density at radius 2 is 1.50 bits per heavy atom. The van der Waals surface area contributed by atoms with Crippen LogP contribution < -0.4 is 0 Å². The standard InChI is InChI=1S/C27H36O12S/c1-13(28)34-12-21(35-14(2)29)22(36-15(3)30)19-8-20-23(38-25(32)37-20)27(39-19,24(31)33-4)40-26-9-16-5-17(10-26)7-18(6-16)11-26/h16-23H,5-12H2,1-4H3/t16?,17?,18?,19-,20+,21-,22-,23-,26?,27?/m1/s1. The highest BCUT2D eigenvalue weighted by Gasteiger charge is 2.68. The first-order valence-electron chi connectivity index (χ1n) is 13.7. The van der Waals surface area contributed by atoms with Crippen LogP contribution in [-0.2, 0) is 52.3 Å². The molecule has 2 heterocycles. The lowest BCUT2D eigenvalue weighted by molar-refractivity contribution is -0.223. The molecule has 1 unspecified atom stereocenters. The van der Waals surface area contributed by atoms with Gasteiger partial charge in [-0.05, 0) is 56.3 Å². The van der Waals surface area contributed by atoms with Gasteiger partial charge in [-0.1, -0.05) is 0 Å². The van der Waals surface area contributed by atoms with Gasteiger partial charge in [-0.2, -0.15) is 0 Å². The molecular weight excluding hydrogens is 548 g/mol. The van der Waals surface area contributed by atoms with Crippen LogP contribution in [0.2, 0.25) is 0 Å². The summed E-state index contributed by atoms with van der Waals surface area (Å²) in [6.45, 7) is 3.10. The van der Waals surface area contributed by atoms with Crippen molar-refractivity contribution in [1.29, 1.82) is 0 Å². The number of methoxy groups -OCH3 is 1. The van der Waals surface area contributed by atoms with Gasteiger partial charge in [0.25, 0.3) is 4.93 Å². The third kappa shape index (κ3) is 5.63. The third-order valence-electron chi connectivity index (χ3n) is 8.60. The van der Waals surface area contributed by atoms with Gasteiger partial charge >= 0.3 is 30.0 Å². The van der Waals surface area contributed by atoms with Crippen molar-refractivity contribution in [3.63, 3.8) is 0 Å². The predicted molar refractivity (Wildman–Crippen MR) is 136 cm³/mol. The summed E-state index contributed by atoms with van der Waals surface area (Å²) >= 11 is 1.33. The Hall–Kier alpha value is -2.54. The van der Waals surface area contributed by atoms with E-state index in [1.165, 1.54) is 52.0 Å². The fourth-order valence-corrected chi connectivity index (χ4v) is 10.0. The number of fused-ring (bicyclic) bond motifs is 1. The monoisotopic (exact) mass is 584 g/mol. The zero-order valence-electron chi connectivity index (χ0n) is 23.1. The molecule has 6 fully saturated rings. The molecule has 0 N–H and O–H groups in total.